The van der Waals surface area contributed by atoms with Crippen molar-refractivity contribution < 1.29 is 9.47 Å². The second kappa shape index (κ2) is 10.3. The van der Waals surface area contributed by atoms with Crippen LogP contribution in [-0.4, -0.2) is 95.2 Å². The van der Waals surface area contributed by atoms with Gasteiger partial charge in [-0.15, -0.1) is 11.3 Å². The lowest BCUT2D eigenvalue weighted by molar-refractivity contribution is -0.0116. The summed E-state index contributed by atoms with van der Waals surface area (Å²) in [4.78, 5) is 18.3. The second-order valence-corrected chi connectivity index (χ2v) is 11.4. The molecule has 3 fully saturated rings. The first-order valence-electron chi connectivity index (χ1n) is 13.4. The van der Waals surface area contributed by atoms with Gasteiger partial charge in [0.25, 0.3) is 0 Å². The number of aromatic amines is 1. The number of H-pyrrole nitrogens is 1. The van der Waals surface area contributed by atoms with Crippen LogP contribution in [0, 0.1) is 0 Å². The standard InChI is InChI=1S/C27H33N7O2S/c1-2-21(22-16-30-31-23(22)3-1)25-14-19(32-6-10-35-11-7-32)4-5-34(25)17-20-15-24-26(37-20)27(29-18-28-24)33-8-12-36-13-9-33/h1-3,15-16,18-19,25H,4-14,17H2,(H,30,31). The minimum atomic E-state index is 0.331. The highest BCUT2D eigenvalue weighted by Gasteiger charge is 2.34. The van der Waals surface area contributed by atoms with Crippen molar-refractivity contribution in [1.29, 1.82) is 0 Å². The minimum Gasteiger partial charge on any atom is -0.379 e. The maximum absolute atomic E-state index is 5.65. The molecule has 1 N–H and O–H groups in total. The fraction of sp³-hybridized carbons (Fsp3) is 0.519. The Hall–Kier alpha value is -2.63. The summed E-state index contributed by atoms with van der Waals surface area (Å²) in [5.74, 6) is 1.05. The van der Waals surface area contributed by atoms with Crippen LogP contribution in [0.15, 0.2) is 36.8 Å². The normalized spacial score (nSPS) is 24.3. The minimum absolute atomic E-state index is 0.331. The number of likely N-dealkylation sites (tertiary alicyclic amines) is 1. The van der Waals surface area contributed by atoms with E-state index < -0.39 is 0 Å². The van der Waals surface area contributed by atoms with Gasteiger partial charge in [0.15, 0.2) is 0 Å². The van der Waals surface area contributed by atoms with Crippen LogP contribution in [0.4, 0.5) is 5.82 Å². The van der Waals surface area contributed by atoms with Gasteiger partial charge in [-0.2, -0.15) is 5.10 Å². The molecule has 6 heterocycles. The molecule has 3 aliphatic rings. The lowest BCUT2D eigenvalue weighted by Crippen LogP contribution is -2.49. The molecule has 0 bridgehead atoms. The third kappa shape index (κ3) is 4.61. The van der Waals surface area contributed by atoms with Crippen LogP contribution in [0.5, 0.6) is 0 Å². The largest absolute Gasteiger partial charge is 0.379 e. The molecule has 0 spiro atoms. The Morgan fingerprint density at radius 1 is 1.00 bits per heavy atom. The molecule has 194 valence electrons. The average Bonchev–Trinajstić information content (AvgIpc) is 3.61. The van der Waals surface area contributed by atoms with E-state index in [1.165, 1.54) is 26.9 Å². The molecular weight excluding hydrogens is 486 g/mol. The molecule has 0 saturated carbocycles. The van der Waals surface area contributed by atoms with Crippen LogP contribution in [0.3, 0.4) is 0 Å². The van der Waals surface area contributed by atoms with Gasteiger partial charge in [0.1, 0.15) is 12.1 Å². The van der Waals surface area contributed by atoms with E-state index >= 15 is 0 Å². The van der Waals surface area contributed by atoms with Crippen molar-refractivity contribution in [2.75, 3.05) is 64.1 Å². The van der Waals surface area contributed by atoms with E-state index in [2.05, 4.69) is 59.1 Å². The van der Waals surface area contributed by atoms with E-state index in [1.807, 2.05) is 17.5 Å². The molecule has 37 heavy (non-hydrogen) atoms. The van der Waals surface area contributed by atoms with Crippen LogP contribution in [0.25, 0.3) is 21.1 Å². The summed E-state index contributed by atoms with van der Waals surface area (Å²) in [5.41, 5.74) is 3.53. The molecule has 3 aromatic heterocycles. The average molecular weight is 520 g/mol. The maximum Gasteiger partial charge on any atom is 0.150 e. The van der Waals surface area contributed by atoms with Gasteiger partial charge in [-0.05, 0) is 30.5 Å². The summed E-state index contributed by atoms with van der Waals surface area (Å²) in [6.45, 7) is 9.00. The van der Waals surface area contributed by atoms with Gasteiger partial charge in [-0.3, -0.25) is 14.9 Å². The number of hydrogen-bond donors (Lipinski definition) is 1. The SMILES string of the molecule is c1cc(C2CC(N3CCOCC3)CCN2Cc2cc3ncnc(N4CCOCC4)c3s2)c2cn[nH]c2c1. The van der Waals surface area contributed by atoms with Gasteiger partial charge in [0.05, 0.1) is 48.4 Å². The Labute approximate surface area is 220 Å². The Bertz CT molecular complexity index is 1360. The molecule has 3 aliphatic heterocycles. The van der Waals surface area contributed by atoms with Gasteiger partial charge in [0, 0.05) is 61.6 Å². The monoisotopic (exact) mass is 519 g/mol. The number of nitrogens with zero attached hydrogens (tertiary/aromatic N) is 6. The van der Waals surface area contributed by atoms with Crippen molar-refractivity contribution in [3.8, 4) is 0 Å². The van der Waals surface area contributed by atoms with E-state index in [0.29, 0.717) is 12.1 Å². The van der Waals surface area contributed by atoms with E-state index in [9.17, 15) is 0 Å². The first-order chi connectivity index (χ1) is 18.3. The first-order valence-corrected chi connectivity index (χ1v) is 14.2. The predicted octanol–water partition coefficient (Wildman–Crippen LogP) is 3.44. The quantitative estimate of drug-likeness (QED) is 0.430. The number of benzene rings is 1. The van der Waals surface area contributed by atoms with Crippen molar-refractivity contribution >= 4 is 38.3 Å². The number of aromatic nitrogens is 4. The third-order valence-electron chi connectivity index (χ3n) is 8.14. The highest BCUT2D eigenvalue weighted by atomic mass is 32.1. The second-order valence-electron chi connectivity index (χ2n) is 10.2. The number of thiophene rings is 1. The van der Waals surface area contributed by atoms with Crippen LogP contribution in [0.1, 0.15) is 29.3 Å². The summed E-state index contributed by atoms with van der Waals surface area (Å²) in [6, 6.07) is 9.76. The molecule has 4 aromatic rings. The molecule has 9 nitrogen and oxygen atoms in total. The molecule has 10 heteroatoms. The Kier molecular flexibility index (Phi) is 6.51. The maximum atomic E-state index is 5.65. The number of nitrogens with one attached hydrogen (secondary N) is 1. The van der Waals surface area contributed by atoms with Crippen molar-refractivity contribution in [3.05, 3.63) is 47.2 Å². The van der Waals surface area contributed by atoms with Crippen LogP contribution < -0.4 is 4.90 Å². The van der Waals surface area contributed by atoms with Gasteiger partial charge in [0.2, 0.25) is 0 Å². The van der Waals surface area contributed by atoms with Gasteiger partial charge in [-0.25, -0.2) is 9.97 Å². The molecule has 1 aromatic carbocycles. The molecule has 0 aliphatic carbocycles. The van der Waals surface area contributed by atoms with E-state index in [0.717, 1.165) is 89.0 Å². The smallest absolute Gasteiger partial charge is 0.150 e. The highest BCUT2D eigenvalue weighted by molar-refractivity contribution is 7.19. The van der Waals surface area contributed by atoms with E-state index in [4.69, 9.17) is 9.47 Å². The van der Waals surface area contributed by atoms with Crippen molar-refractivity contribution in [3.63, 3.8) is 0 Å². The number of morpholine rings is 2. The zero-order valence-electron chi connectivity index (χ0n) is 21.0. The Balaban J connectivity index is 1.19. The fourth-order valence-electron chi connectivity index (χ4n) is 6.23. The zero-order chi connectivity index (χ0) is 24.6. The molecule has 7 rings (SSSR count). The lowest BCUT2D eigenvalue weighted by Gasteiger charge is -2.44. The number of fused-ring (bicyclic) bond motifs is 2. The highest BCUT2D eigenvalue weighted by Crippen LogP contribution is 2.39. The summed E-state index contributed by atoms with van der Waals surface area (Å²) in [7, 11) is 0. The molecule has 2 atom stereocenters. The summed E-state index contributed by atoms with van der Waals surface area (Å²) in [6.07, 6.45) is 6.00. The molecule has 0 radical (unpaired) electrons. The van der Waals surface area contributed by atoms with E-state index in [-0.39, 0.29) is 0 Å². The predicted molar refractivity (Wildman–Crippen MR) is 145 cm³/mol. The summed E-state index contributed by atoms with van der Waals surface area (Å²) in [5, 5.41) is 8.76. The number of anilines is 1. The molecule has 2 unspecified atom stereocenters. The zero-order valence-corrected chi connectivity index (χ0v) is 21.8. The summed E-state index contributed by atoms with van der Waals surface area (Å²) >= 11 is 1.85. The molecule has 0 amide bonds. The van der Waals surface area contributed by atoms with Crippen LogP contribution in [0.2, 0.25) is 0 Å². The number of rotatable bonds is 5. The topological polar surface area (TPSA) is 82.6 Å². The lowest BCUT2D eigenvalue weighted by atomic mass is 9.89. The van der Waals surface area contributed by atoms with Crippen molar-refractivity contribution in [1.82, 2.24) is 30.0 Å². The number of hydrogen-bond acceptors (Lipinski definition) is 9. The fourth-order valence-corrected chi connectivity index (χ4v) is 7.39. The Morgan fingerprint density at radius 3 is 2.70 bits per heavy atom. The van der Waals surface area contributed by atoms with Crippen LogP contribution in [-0.2, 0) is 16.0 Å². The van der Waals surface area contributed by atoms with Gasteiger partial charge >= 0.3 is 0 Å². The number of piperidine rings is 1. The van der Waals surface area contributed by atoms with Crippen LogP contribution >= 0.6 is 11.3 Å². The van der Waals surface area contributed by atoms with Crippen molar-refractivity contribution in [2.45, 2.75) is 31.5 Å². The third-order valence-corrected chi connectivity index (χ3v) is 9.24. The summed E-state index contributed by atoms with van der Waals surface area (Å²) < 4.78 is 12.4. The van der Waals surface area contributed by atoms with Gasteiger partial charge < -0.3 is 14.4 Å². The van der Waals surface area contributed by atoms with Crippen molar-refractivity contribution in [2.24, 2.45) is 0 Å². The molecule has 3 saturated heterocycles. The molecular formula is C27H33N7O2S. The Morgan fingerprint density at radius 2 is 1.84 bits per heavy atom. The van der Waals surface area contributed by atoms with Gasteiger partial charge in [-0.1, -0.05) is 12.1 Å². The number of ether oxygens (including phenoxy) is 2. The van der Waals surface area contributed by atoms with E-state index in [1.54, 1.807) is 6.33 Å². The first kappa shape index (κ1) is 23.5.